The molecule has 2 N–H and O–H groups in total. The Kier molecular flexibility index (Phi) is 7.89. The number of amides is 1. The molecule has 2 heterocycles. The normalized spacial score (nSPS) is 17.6. The van der Waals surface area contributed by atoms with Gasteiger partial charge >= 0.3 is 0 Å². The van der Waals surface area contributed by atoms with Gasteiger partial charge in [0.15, 0.2) is 5.78 Å². The van der Waals surface area contributed by atoms with Gasteiger partial charge in [-0.05, 0) is 85.5 Å². The number of fused-ring (bicyclic) bond motifs is 5. The minimum Gasteiger partial charge on any atom is -0.497 e. The van der Waals surface area contributed by atoms with E-state index in [9.17, 15) is 22.6 Å². The van der Waals surface area contributed by atoms with E-state index >= 15 is 0 Å². The molecular formula is C36H38N2O7S. The predicted octanol–water partition coefficient (Wildman–Crippen LogP) is 6.47. The zero-order valence-electron chi connectivity index (χ0n) is 25.9. The number of rotatable bonds is 8. The van der Waals surface area contributed by atoms with Crippen molar-refractivity contribution in [1.29, 1.82) is 0 Å². The molecule has 0 unspecified atom stereocenters. The van der Waals surface area contributed by atoms with Gasteiger partial charge in [-0.15, -0.1) is 0 Å². The number of ketones is 1. The lowest BCUT2D eigenvalue weighted by Crippen LogP contribution is -2.59. The summed E-state index contributed by atoms with van der Waals surface area (Å²) < 4.78 is 46.1. The first-order valence-electron chi connectivity index (χ1n) is 16.1. The second kappa shape index (κ2) is 11.9. The first-order chi connectivity index (χ1) is 22.2. The lowest BCUT2D eigenvalue weighted by atomic mass is 9.72. The van der Waals surface area contributed by atoms with Gasteiger partial charge in [0.1, 0.15) is 18.1 Å². The summed E-state index contributed by atoms with van der Waals surface area (Å²) in [6.07, 6.45) is 7.88. The van der Waals surface area contributed by atoms with E-state index in [4.69, 9.17) is 9.47 Å². The van der Waals surface area contributed by atoms with Gasteiger partial charge in [-0.25, -0.2) is 0 Å². The number of Topliss-reactive ketones (excluding diaryl/α,β-unsaturated/α-hetero) is 1. The topological polar surface area (TPSA) is 124 Å². The van der Waals surface area contributed by atoms with Crippen LogP contribution in [0, 0.1) is 0 Å². The molecule has 1 aliphatic heterocycles. The summed E-state index contributed by atoms with van der Waals surface area (Å²) in [6, 6.07) is 17.5. The van der Waals surface area contributed by atoms with Crippen molar-refractivity contribution < 1.29 is 32.0 Å². The number of hydrogen-bond acceptors (Lipinski definition) is 6. The van der Waals surface area contributed by atoms with Gasteiger partial charge in [0, 0.05) is 34.5 Å². The Labute approximate surface area is 268 Å². The van der Waals surface area contributed by atoms with Gasteiger partial charge < -0.3 is 19.4 Å². The van der Waals surface area contributed by atoms with Crippen molar-refractivity contribution in [3.63, 3.8) is 0 Å². The second-order valence-electron chi connectivity index (χ2n) is 12.8. The zero-order valence-corrected chi connectivity index (χ0v) is 26.7. The summed E-state index contributed by atoms with van der Waals surface area (Å²) in [6.45, 7) is 1.12. The molecule has 1 aromatic heterocycles. The van der Waals surface area contributed by atoms with E-state index in [0.29, 0.717) is 43.0 Å². The molecular weight excluding hydrogens is 604 g/mol. The van der Waals surface area contributed by atoms with Crippen LogP contribution in [0.25, 0.3) is 22.2 Å². The fourth-order valence-corrected chi connectivity index (χ4v) is 7.94. The minimum absolute atomic E-state index is 0.0478. The van der Waals surface area contributed by atoms with Crippen LogP contribution in [0.2, 0.25) is 0 Å². The Balaban J connectivity index is 1.22. The molecule has 0 radical (unpaired) electrons. The second-order valence-corrected chi connectivity index (χ2v) is 14.2. The van der Waals surface area contributed by atoms with Crippen LogP contribution < -0.4 is 14.8 Å². The third-order valence-corrected chi connectivity index (χ3v) is 10.9. The Morgan fingerprint density at radius 1 is 1.00 bits per heavy atom. The number of ether oxygens (including phenoxy) is 2. The van der Waals surface area contributed by atoms with E-state index < -0.39 is 15.7 Å². The molecule has 2 fully saturated rings. The molecule has 10 heteroatoms. The molecule has 2 aliphatic carbocycles. The molecule has 240 valence electrons. The van der Waals surface area contributed by atoms with E-state index in [1.165, 1.54) is 49.1 Å². The average molecular weight is 643 g/mol. The van der Waals surface area contributed by atoms with Gasteiger partial charge in [-0.3, -0.25) is 14.1 Å². The van der Waals surface area contributed by atoms with Crippen molar-refractivity contribution in [1.82, 2.24) is 9.88 Å². The largest absolute Gasteiger partial charge is 0.497 e. The van der Waals surface area contributed by atoms with Gasteiger partial charge in [0.2, 0.25) is 0 Å². The molecule has 46 heavy (non-hydrogen) atoms. The Bertz CT molecular complexity index is 1940. The first kappa shape index (κ1) is 30.5. The maximum Gasteiger partial charge on any atom is 0.294 e. The number of carbonyl (C=O) groups excluding carboxylic acids is 2. The fraction of sp³-hybridized carbons (Fsp3) is 0.389. The molecule has 0 saturated heterocycles. The smallest absolute Gasteiger partial charge is 0.294 e. The van der Waals surface area contributed by atoms with Crippen LogP contribution in [-0.2, 0) is 27.9 Å². The number of methoxy groups -OCH3 is 1. The molecule has 0 bridgehead atoms. The monoisotopic (exact) mass is 642 g/mol. The SMILES string of the molecule is COc1ccc2c(c1)OCCn1c-2c(C2CCCCC2)c2ccc(C(=O)NC3(C(=O)Cc4ccc(S(=O)(=O)O)cc4)CCC3)cc21. The fourth-order valence-electron chi connectivity index (χ4n) is 7.46. The molecule has 4 aromatic rings. The quantitative estimate of drug-likeness (QED) is 0.211. The zero-order chi connectivity index (χ0) is 32.1. The number of nitrogens with zero attached hydrogens (tertiary/aromatic N) is 1. The molecule has 2 saturated carbocycles. The lowest BCUT2D eigenvalue weighted by Gasteiger charge is -2.41. The Morgan fingerprint density at radius 3 is 2.43 bits per heavy atom. The number of hydrogen-bond donors (Lipinski definition) is 2. The van der Waals surface area contributed by atoms with Crippen LogP contribution in [0.5, 0.6) is 11.5 Å². The summed E-state index contributed by atoms with van der Waals surface area (Å²) in [5.74, 6) is 1.56. The molecule has 3 aliphatic rings. The number of nitrogens with one attached hydrogen (secondary N) is 1. The summed E-state index contributed by atoms with van der Waals surface area (Å²) in [5.41, 5.74) is 4.64. The van der Waals surface area contributed by atoms with Gasteiger partial charge in [-0.1, -0.05) is 37.5 Å². The van der Waals surface area contributed by atoms with E-state index in [0.717, 1.165) is 52.9 Å². The van der Waals surface area contributed by atoms with Crippen molar-refractivity contribution in [2.75, 3.05) is 13.7 Å². The van der Waals surface area contributed by atoms with Crippen LogP contribution in [0.4, 0.5) is 0 Å². The number of aromatic nitrogens is 1. The Morgan fingerprint density at radius 2 is 1.76 bits per heavy atom. The van der Waals surface area contributed by atoms with Crippen molar-refractivity contribution in [2.45, 2.75) is 80.7 Å². The van der Waals surface area contributed by atoms with Crippen LogP contribution in [0.3, 0.4) is 0 Å². The third-order valence-electron chi connectivity index (χ3n) is 10.1. The van der Waals surface area contributed by atoms with Crippen molar-refractivity contribution in [3.05, 3.63) is 77.4 Å². The third kappa shape index (κ3) is 5.47. The van der Waals surface area contributed by atoms with E-state index in [1.54, 1.807) is 7.11 Å². The summed E-state index contributed by atoms with van der Waals surface area (Å²) in [4.78, 5) is 27.1. The van der Waals surface area contributed by atoms with Gasteiger partial charge in [0.05, 0.1) is 29.8 Å². The molecule has 3 aromatic carbocycles. The molecule has 1 amide bonds. The van der Waals surface area contributed by atoms with Crippen LogP contribution in [-0.4, -0.2) is 48.5 Å². The highest BCUT2D eigenvalue weighted by molar-refractivity contribution is 7.85. The first-order valence-corrected chi connectivity index (χ1v) is 17.5. The number of carbonyl (C=O) groups is 2. The Hall–Kier alpha value is -4.15. The molecule has 0 atom stereocenters. The van der Waals surface area contributed by atoms with E-state index in [2.05, 4.69) is 22.0 Å². The highest BCUT2D eigenvalue weighted by atomic mass is 32.2. The van der Waals surface area contributed by atoms with Gasteiger partial charge in [0.25, 0.3) is 16.0 Å². The molecule has 7 rings (SSSR count). The van der Waals surface area contributed by atoms with Crippen molar-refractivity contribution >= 4 is 32.7 Å². The maximum atomic E-state index is 13.8. The van der Waals surface area contributed by atoms with Crippen LogP contribution in [0.1, 0.15) is 78.8 Å². The predicted molar refractivity (Wildman–Crippen MR) is 174 cm³/mol. The van der Waals surface area contributed by atoms with E-state index in [1.807, 2.05) is 24.3 Å². The highest BCUT2D eigenvalue weighted by Crippen LogP contribution is 2.48. The lowest BCUT2D eigenvalue weighted by molar-refractivity contribution is -0.127. The summed E-state index contributed by atoms with van der Waals surface area (Å²) in [5, 5.41) is 4.24. The van der Waals surface area contributed by atoms with Crippen LogP contribution >= 0.6 is 0 Å². The summed E-state index contributed by atoms with van der Waals surface area (Å²) in [7, 11) is -2.67. The highest BCUT2D eigenvalue weighted by Gasteiger charge is 2.45. The summed E-state index contributed by atoms with van der Waals surface area (Å²) >= 11 is 0. The van der Waals surface area contributed by atoms with Gasteiger partial charge in [-0.2, -0.15) is 8.42 Å². The van der Waals surface area contributed by atoms with Crippen molar-refractivity contribution in [3.8, 4) is 22.8 Å². The molecule has 9 nitrogen and oxygen atoms in total. The van der Waals surface area contributed by atoms with Crippen molar-refractivity contribution in [2.24, 2.45) is 0 Å². The minimum atomic E-state index is -4.32. The molecule has 0 spiro atoms. The standard InChI is InChI=1S/C36H38N2O7S/c1-44-26-11-15-29-31(22-26)45-19-18-38-30-21-25(10-14-28(30)33(34(29)38)24-6-3-2-4-7-24)35(40)37-36(16-5-17-36)32(39)20-23-8-12-27(13-9-23)46(41,42)43/h8-15,21-22,24H,2-7,16-20H2,1H3,(H,37,40)(H,41,42,43). The van der Waals surface area contributed by atoms with Crippen LogP contribution in [0.15, 0.2) is 65.6 Å². The average Bonchev–Trinajstić information content (AvgIpc) is 3.23. The maximum absolute atomic E-state index is 13.8. The van der Waals surface area contributed by atoms with E-state index in [-0.39, 0.29) is 23.0 Å². The number of benzene rings is 3.